The lowest BCUT2D eigenvalue weighted by molar-refractivity contribution is -0.0258. The Balaban J connectivity index is 1.88. The molecule has 0 heterocycles. The summed E-state index contributed by atoms with van der Waals surface area (Å²) in [6.07, 6.45) is 0. The molecule has 0 spiro atoms. The number of hydrogen-bond acceptors (Lipinski definition) is 6. The van der Waals surface area contributed by atoms with Gasteiger partial charge in [0.1, 0.15) is 19.0 Å². The molecule has 0 atom stereocenters. The van der Waals surface area contributed by atoms with Gasteiger partial charge in [0, 0.05) is 7.05 Å². The number of sulfonamides is 1. The van der Waals surface area contributed by atoms with E-state index in [9.17, 15) is 13.2 Å². The number of hydroxylamine groups is 1. The van der Waals surface area contributed by atoms with Gasteiger partial charge in [0.05, 0.1) is 17.6 Å². The first-order chi connectivity index (χ1) is 12.3. The van der Waals surface area contributed by atoms with Crippen molar-refractivity contribution in [2.45, 2.75) is 11.8 Å². The summed E-state index contributed by atoms with van der Waals surface area (Å²) >= 11 is 0. The fraction of sp³-hybridized carbons (Fsp3) is 0.278. The fourth-order valence-corrected chi connectivity index (χ4v) is 3.07. The molecule has 2 aromatic rings. The van der Waals surface area contributed by atoms with Gasteiger partial charge < -0.3 is 9.47 Å². The molecule has 0 aliphatic rings. The maximum absolute atomic E-state index is 12.1. The summed E-state index contributed by atoms with van der Waals surface area (Å²) in [5.74, 6) is 0.153. The standard InChI is InChI=1S/C18H21NO6S/c1-14-5-4-6-16(13-14)24-11-12-25-18(20)15-7-9-17(10-8-15)26(21,22)19(2)23-3/h4-10,13H,11-12H2,1-3H3. The minimum atomic E-state index is -3.75. The van der Waals surface area contributed by atoms with Gasteiger partial charge in [0.15, 0.2) is 0 Å². The molecule has 0 aliphatic heterocycles. The topological polar surface area (TPSA) is 82.1 Å². The van der Waals surface area contributed by atoms with Crippen molar-refractivity contribution in [2.75, 3.05) is 27.4 Å². The number of benzene rings is 2. The van der Waals surface area contributed by atoms with Crippen LogP contribution in [0, 0.1) is 6.92 Å². The van der Waals surface area contributed by atoms with E-state index < -0.39 is 16.0 Å². The minimum Gasteiger partial charge on any atom is -0.490 e. The van der Waals surface area contributed by atoms with Crippen molar-refractivity contribution < 1.29 is 27.5 Å². The van der Waals surface area contributed by atoms with E-state index in [1.54, 1.807) is 0 Å². The van der Waals surface area contributed by atoms with Crippen molar-refractivity contribution in [3.8, 4) is 5.75 Å². The molecule has 0 unspecified atom stereocenters. The van der Waals surface area contributed by atoms with Crippen LogP contribution in [0.25, 0.3) is 0 Å². The SMILES string of the molecule is CON(C)S(=O)(=O)c1ccc(C(=O)OCCOc2cccc(C)c2)cc1. The average Bonchev–Trinajstić information content (AvgIpc) is 2.64. The molecule has 8 heteroatoms. The zero-order chi connectivity index (χ0) is 19.2. The highest BCUT2D eigenvalue weighted by atomic mass is 32.2. The van der Waals surface area contributed by atoms with E-state index in [1.807, 2.05) is 31.2 Å². The van der Waals surface area contributed by atoms with Gasteiger partial charge in [-0.2, -0.15) is 0 Å². The maximum Gasteiger partial charge on any atom is 0.338 e. The summed E-state index contributed by atoms with van der Waals surface area (Å²) in [6, 6.07) is 13.0. The monoisotopic (exact) mass is 379 g/mol. The van der Waals surface area contributed by atoms with Crippen LogP contribution in [0.4, 0.5) is 0 Å². The molecule has 26 heavy (non-hydrogen) atoms. The predicted octanol–water partition coefficient (Wildman–Crippen LogP) is 2.41. The number of nitrogens with zero attached hydrogens (tertiary/aromatic N) is 1. The summed E-state index contributed by atoms with van der Waals surface area (Å²) in [5, 5.41) is 0. The molecule has 0 saturated heterocycles. The summed E-state index contributed by atoms with van der Waals surface area (Å²) in [4.78, 5) is 16.7. The van der Waals surface area contributed by atoms with Crippen LogP contribution in [-0.2, 0) is 19.6 Å². The molecule has 0 aromatic heterocycles. The van der Waals surface area contributed by atoms with E-state index >= 15 is 0 Å². The molecular formula is C18H21NO6S. The van der Waals surface area contributed by atoms with Gasteiger partial charge >= 0.3 is 5.97 Å². The molecule has 0 bridgehead atoms. The Labute approximate surface area is 153 Å². The Morgan fingerprint density at radius 1 is 1.08 bits per heavy atom. The van der Waals surface area contributed by atoms with Crippen LogP contribution >= 0.6 is 0 Å². The number of aryl methyl sites for hydroxylation is 1. The fourth-order valence-electron chi connectivity index (χ4n) is 2.09. The van der Waals surface area contributed by atoms with Gasteiger partial charge in [0.25, 0.3) is 10.0 Å². The zero-order valence-corrected chi connectivity index (χ0v) is 15.7. The van der Waals surface area contributed by atoms with Crippen LogP contribution in [0.15, 0.2) is 53.4 Å². The number of carbonyl (C=O) groups is 1. The Morgan fingerprint density at radius 2 is 1.77 bits per heavy atom. The van der Waals surface area contributed by atoms with E-state index in [-0.39, 0.29) is 23.7 Å². The summed E-state index contributed by atoms with van der Waals surface area (Å²) < 4.78 is 35.5. The molecule has 7 nitrogen and oxygen atoms in total. The highest BCUT2D eigenvalue weighted by Gasteiger charge is 2.21. The van der Waals surface area contributed by atoms with Crippen LogP contribution in [0.2, 0.25) is 0 Å². The highest BCUT2D eigenvalue weighted by Crippen LogP contribution is 2.16. The van der Waals surface area contributed by atoms with Crippen LogP contribution < -0.4 is 4.74 Å². The second-order valence-corrected chi connectivity index (χ2v) is 7.36. The third-order valence-electron chi connectivity index (χ3n) is 3.56. The lowest BCUT2D eigenvalue weighted by Gasteiger charge is -2.14. The van der Waals surface area contributed by atoms with Gasteiger partial charge in [0.2, 0.25) is 0 Å². The number of esters is 1. The van der Waals surface area contributed by atoms with Crippen molar-refractivity contribution >= 4 is 16.0 Å². The third kappa shape index (κ3) is 5.04. The molecule has 0 aliphatic carbocycles. The van der Waals surface area contributed by atoms with E-state index in [4.69, 9.17) is 14.3 Å². The highest BCUT2D eigenvalue weighted by molar-refractivity contribution is 7.89. The van der Waals surface area contributed by atoms with Gasteiger partial charge in [-0.15, -0.1) is 0 Å². The smallest absolute Gasteiger partial charge is 0.338 e. The van der Waals surface area contributed by atoms with Crippen molar-refractivity contribution in [1.29, 1.82) is 0 Å². The lowest BCUT2D eigenvalue weighted by atomic mass is 10.2. The van der Waals surface area contributed by atoms with Gasteiger partial charge in [-0.3, -0.25) is 4.84 Å². The number of ether oxygens (including phenoxy) is 2. The number of rotatable bonds is 8. The maximum atomic E-state index is 12.1. The van der Waals surface area contributed by atoms with Crippen molar-refractivity contribution in [3.05, 3.63) is 59.7 Å². The van der Waals surface area contributed by atoms with E-state index in [2.05, 4.69) is 0 Å². The Kier molecular flexibility index (Phi) is 6.73. The molecule has 0 radical (unpaired) electrons. The summed E-state index contributed by atoms with van der Waals surface area (Å²) in [7, 11) is -1.21. The molecule has 140 valence electrons. The van der Waals surface area contributed by atoms with Crippen molar-refractivity contribution in [2.24, 2.45) is 0 Å². The van der Waals surface area contributed by atoms with Crippen LogP contribution in [0.1, 0.15) is 15.9 Å². The molecule has 2 aromatic carbocycles. The first-order valence-electron chi connectivity index (χ1n) is 7.84. The van der Waals surface area contributed by atoms with Gasteiger partial charge in [-0.05, 0) is 48.9 Å². The summed E-state index contributed by atoms with van der Waals surface area (Å²) in [5.41, 5.74) is 1.33. The Bertz CT molecular complexity index is 848. The molecule has 0 saturated carbocycles. The molecule has 0 fully saturated rings. The van der Waals surface area contributed by atoms with Crippen molar-refractivity contribution in [3.63, 3.8) is 0 Å². The number of hydrogen-bond donors (Lipinski definition) is 0. The first-order valence-corrected chi connectivity index (χ1v) is 9.28. The average molecular weight is 379 g/mol. The normalized spacial score (nSPS) is 11.4. The summed E-state index contributed by atoms with van der Waals surface area (Å²) in [6.45, 7) is 2.26. The predicted molar refractivity (Wildman–Crippen MR) is 95.4 cm³/mol. The Hall–Kier alpha value is -2.42. The third-order valence-corrected chi connectivity index (χ3v) is 5.25. The zero-order valence-electron chi connectivity index (χ0n) is 14.8. The van der Waals surface area contributed by atoms with E-state index in [0.717, 1.165) is 10.0 Å². The quantitative estimate of drug-likeness (QED) is 0.398. The van der Waals surface area contributed by atoms with Crippen LogP contribution in [0.3, 0.4) is 0 Å². The second-order valence-electron chi connectivity index (χ2n) is 5.42. The van der Waals surface area contributed by atoms with Gasteiger partial charge in [-0.25, -0.2) is 13.2 Å². The van der Waals surface area contributed by atoms with E-state index in [1.165, 1.54) is 38.4 Å². The first kappa shape index (κ1) is 19.9. The minimum absolute atomic E-state index is 0.0150. The molecule has 2 rings (SSSR count). The molecule has 0 amide bonds. The lowest BCUT2D eigenvalue weighted by Crippen LogP contribution is -2.25. The van der Waals surface area contributed by atoms with Crippen LogP contribution in [0.5, 0.6) is 5.75 Å². The van der Waals surface area contributed by atoms with E-state index in [0.29, 0.717) is 5.75 Å². The molecular weight excluding hydrogens is 358 g/mol. The Morgan fingerprint density at radius 3 is 2.38 bits per heavy atom. The number of carbonyl (C=O) groups excluding carboxylic acids is 1. The van der Waals surface area contributed by atoms with Crippen LogP contribution in [-0.4, -0.2) is 46.2 Å². The largest absolute Gasteiger partial charge is 0.490 e. The van der Waals surface area contributed by atoms with Crippen molar-refractivity contribution in [1.82, 2.24) is 4.47 Å². The molecule has 0 N–H and O–H groups in total. The second kappa shape index (κ2) is 8.79. The van der Waals surface area contributed by atoms with Gasteiger partial charge in [-0.1, -0.05) is 16.6 Å².